The molecule has 0 amide bonds. The molecular formula is C32H48O4. The van der Waals surface area contributed by atoms with Crippen molar-refractivity contribution in [1.29, 1.82) is 0 Å². The molecule has 5 rings (SSSR count). The third-order valence-electron chi connectivity index (χ3n) is 13.2. The van der Waals surface area contributed by atoms with Gasteiger partial charge in [-0.25, -0.2) is 0 Å². The van der Waals surface area contributed by atoms with Crippen LogP contribution in [-0.4, -0.2) is 28.4 Å². The van der Waals surface area contributed by atoms with E-state index in [1.807, 2.05) is 13.0 Å². The SMILES string of the molecule is CCC12CCC(C)(C)CC1C1C(=O)C=C3C4(C)C/C(=C\O)C(=O)[C@](C)(CO)C4CCC3(C)[C@]1(C)CC2. The number of rotatable bonds is 2. The van der Waals surface area contributed by atoms with Crippen LogP contribution in [0, 0.1) is 50.2 Å². The number of Topliss-reactive ketones (excluding diaryl/α,β-unsaturated/α-hetero) is 1. The number of aliphatic hydroxyl groups excluding tert-OH is 2. The van der Waals surface area contributed by atoms with Gasteiger partial charge in [-0.15, -0.1) is 0 Å². The summed E-state index contributed by atoms with van der Waals surface area (Å²) < 4.78 is 0. The first-order valence-electron chi connectivity index (χ1n) is 14.4. The zero-order valence-electron chi connectivity index (χ0n) is 23.7. The summed E-state index contributed by atoms with van der Waals surface area (Å²) in [6, 6.07) is 0. The Labute approximate surface area is 218 Å². The molecule has 2 N–H and O–H groups in total. The van der Waals surface area contributed by atoms with Gasteiger partial charge in [0.2, 0.25) is 0 Å². The molecule has 0 heterocycles. The van der Waals surface area contributed by atoms with E-state index in [4.69, 9.17) is 0 Å². The lowest BCUT2D eigenvalue weighted by Crippen LogP contribution is -2.65. The van der Waals surface area contributed by atoms with Gasteiger partial charge in [-0.2, -0.15) is 0 Å². The summed E-state index contributed by atoms with van der Waals surface area (Å²) in [5.74, 6) is 0.568. The first-order valence-corrected chi connectivity index (χ1v) is 14.4. The molecule has 0 aromatic heterocycles. The van der Waals surface area contributed by atoms with Gasteiger partial charge in [0.05, 0.1) is 18.3 Å². The van der Waals surface area contributed by atoms with Crippen molar-refractivity contribution in [2.24, 2.45) is 50.2 Å². The van der Waals surface area contributed by atoms with Crippen molar-refractivity contribution < 1.29 is 19.8 Å². The van der Waals surface area contributed by atoms with Crippen LogP contribution in [0.1, 0.15) is 106 Å². The predicted molar refractivity (Wildman–Crippen MR) is 142 cm³/mol. The molecule has 8 atom stereocenters. The molecule has 4 nitrogen and oxygen atoms in total. The van der Waals surface area contributed by atoms with Crippen LogP contribution >= 0.6 is 0 Å². The fourth-order valence-corrected chi connectivity index (χ4v) is 10.7. The van der Waals surface area contributed by atoms with E-state index in [0.717, 1.165) is 38.4 Å². The lowest BCUT2D eigenvalue weighted by atomic mass is 9.33. The average Bonchev–Trinajstić information content (AvgIpc) is 2.82. The van der Waals surface area contributed by atoms with Gasteiger partial charge in [-0.1, -0.05) is 53.5 Å². The van der Waals surface area contributed by atoms with Gasteiger partial charge in [0.25, 0.3) is 0 Å². The van der Waals surface area contributed by atoms with Crippen LogP contribution in [0.2, 0.25) is 0 Å². The van der Waals surface area contributed by atoms with Crippen molar-refractivity contribution in [1.82, 2.24) is 0 Å². The number of hydrogen-bond donors (Lipinski definition) is 2. The Bertz CT molecular complexity index is 1050. The highest BCUT2D eigenvalue weighted by atomic mass is 16.3. The minimum Gasteiger partial charge on any atom is -0.515 e. The Morgan fingerprint density at radius 2 is 1.67 bits per heavy atom. The van der Waals surface area contributed by atoms with E-state index in [0.29, 0.717) is 23.7 Å². The number of aliphatic hydroxyl groups is 2. The van der Waals surface area contributed by atoms with Crippen LogP contribution in [0.4, 0.5) is 0 Å². The molecule has 4 heteroatoms. The first-order chi connectivity index (χ1) is 16.7. The van der Waals surface area contributed by atoms with Crippen LogP contribution in [0.5, 0.6) is 0 Å². The molecule has 4 saturated carbocycles. The molecule has 36 heavy (non-hydrogen) atoms. The number of fused-ring (bicyclic) bond motifs is 7. The summed E-state index contributed by atoms with van der Waals surface area (Å²) in [5, 5.41) is 20.5. The van der Waals surface area contributed by atoms with E-state index < -0.39 is 10.8 Å². The third-order valence-corrected chi connectivity index (χ3v) is 13.2. The van der Waals surface area contributed by atoms with Crippen molar-refractivity contribution >= 4 is 11.6 Å². The molecule has 0 saturated heterocycles. The lowest BCUT2D eigenvalue weighted by molar-refractivity contribution is -0.176. The summed E-state index contributed by atoms with van der Waals surface area (Å²) >= 11 is 0. The highest BCUT2D eigenvalue weighted by molar-refractivity contribution is 6.01. The summed E-state index contributed by atoms with van der Waals surface area (Å²) in [7, 11) is 0. The smallest absolute Gasteiger partial charge is 0.170 e. The average molecular weight is 497 g/mol. The minimum absolute atomic E-state index is 0.0435. The van der Waals surface area contributed by atoms with Gasteiger partial charge < -0.3 is 10.2 Å². The van der Waals surface area contributed by atoms with Gasteiger partial charge in [0, 0.05) is 11.5 Å². The Morgan fingerprint density at radius 1 is 1.00 bits per heavy atom. The van der Waals surface area contributed by atoms with Crippen molar-refractivity contribution in [3.05, 3.63) is 23.5 Å². The van der Waals surface area contributed by atoms with Crippen molar-refractivity contribution in [3.8, 4) is 0 Å². The first kappa shape index (κ1) is 26.2. The van der Waals surface area contributed by atoms with Gasteiger partial charge in [0.15, 0.2) is 11.6 Å². The normalized spacial score (nSPS) is 51.1. The van der Waals surface area contributed by atoms with Gasteiger partial charge >= 0.3 is 0 Å². The second-order valence-electron chi connectivity index (χ2n) is 15.1. The largest absolute Gasteiger partial charge is 0.515 e. The molecule has 0 aromatic rings. The lowest BCUT2D eigenvalue weighted by Gasteiger charge is -2.70. The van der Waals surface area contributed by atoms with E-state index in [9.17, 15) is 19.8 Å². The van der Waals surface area contributed by atoms with E-state index >= 15 is 0 Å². The molecule has 0 spiro atoms. The van der Waals surface area contributed by atoms with E-state index in [2.05, 4.69) is 41.5 Å². The maximum absolute atomic E-state index is 14.4. The molecule has 0 aromatic carbocycles. The second kappa shape index (κ2) is 7.80. The molecule has 5 aliphatic rings. The molecule has 200 valence electrons. The Hall–Kier alpha value is -1.42. The second-order valence-corrected chi connectivity index (χ2v) is 15.1. The monoisotopic (exact) mass is 496 g/mol. The zero-order chi connectivity index (χ0) is 26.5. The van der Waals surface area contributed by atoms with Crippen LogP contribution < -0.4 is 0 Å². The molecule has 0 aliphatic heterocycles. The minimum atomic E-state index is -0.943. The predicted octanol–water partition coefficient (Wildman–Crippen LogP) is 6.97. The topological polar surface area (TPSA) is 74.6 Å². The van der Waals surface area contributed by atoms with Crippen LogP contribution in [0.15, 0.2) is 23.5 Å². The maximum Gasteiger partial charge on any atom is 0.170 e. The molecule has 4 fully saturated rings. The molecule has 0 bridgehead atoms. The molecule has 6 unspecified atom stereocenters. The summed E-state index contributed by atoms with van der Waals surface area (Å²) in [6.45, 7) is 15.8. The van der Waals surface area contributed by atoms with Crippen LogP contribution in [0.25, 0.3) is 0 Å². The van der Waals surface area contributed by atoms with Gasteiger partial charge in [-0.3, -0.25) is 9.59 Å². The van der Waals surface area contributed by atoms with Gasteiger partial charge in [0.1, 0.15) is 0 Å². The number of carbonyl (C=O) groups is 2. The van der Waals surface area contributed by atoms with Crippen LogP contribution in [-0.2, 0) is 9.59 Å². The highest BCUT2D eigenvalue weighted by Crippen LogP contribution is 2.75. The van der Waals surface area contributed by atoms with Crippen molar-refractivity contribution in [3.63, 3.8) is 0 Å². The van der Waals surface area contributed by atoms with Gasteiger partial charge in [-0.05, 0) is 103 Å². The third kappa shape index (κ3) is 3.03. The maximum atomic E-state index is 14.4. The summed E-state index contributed by atoms with van der Waals surface area (Å²) in [5.41, 5.74) is 0.457. The van der Waals surface area contributed by atoms with E-state index in [-0.39, 0.29) is 45.9 Å². The molecule has 5 aliphatic carbocycles. The van der Waals surface area contributed by atoms with E-state index in [1.165, 1.54) is 24.8 Å². The Kier molecular flexibility index (Phi) is 5.68. The quantitative estimate of drug-likeness (QED) is 0.320. The number of hydrogen-bond acceptors (Lipinski definition) is 4. The highest BCUT2D eigenvalue weighted by Gasteiger charge is 2.70. The fourth-order valence-electron chi connectivity index (χ4n) is 10.7. The molecule has 0 radical (unpaired) electrons. The standard InChI is InChI=1S/C32H48O4/c1-8-32-13-11-27(2,3)17-21(32)25-22(35)15-24-28(4)16-20(18-33)26(36)29(5,19-34)23(28)9-10-30(24,6)31(25,7)12-14-32/h15,18,21,23,25,33-34H,8-14,16-17,19H2,1-7H3/b20-18+/t21?,23?,25?,28?,29-,30?,31-,32?/m1/s1. The number of carbonyl (C=O) groups excluding carboxylic acids is 2. The number of allylic oxidation sites excluding steroid dienone is 3. The Balaban J connectivity index is 1.67. The molecular weight excluding hydrogens is 448 g/mol. The van der Waals surface area contributed by atoms with Crippen molar-refractivity contribution in [2.45, 2.75) is 106 Å². The zero-order valence-corrected chi connectivity index (χ0v) is 23.7. The van der Waals surface area contributed by atoms with E-state index in [1.54, 1.807) is 0 Å². The fraction of sp³-hybridized carbons (Fsp3) is 0.812. The Morgan fingerprint density at radius 3 is 2.28 bits per heavy atom. The van der Waals surface area contributed by atoms with Crippen LogP contribution in [0.3, 0.4) is 0 Å². The van der Waals surface area contributed by atoms with Crippen molar-refractivity contribution in [2.75, 3.05) is 6.61 Å². The summed E-state index contributed by atoms with van der Waals surface area (Å²) in [4.78, 5) is 27.7. The number of ketones is 2. The summed E-state index contributed by atoms with van der Waals surface area (Å²) in [6.07, 6.45) is 12.2.